The fraction of sp³-hybridized carbons (Fsp3) is 0.846. The van der Waals surface area contributed by atoms with Crippen molar-refractivity contribution in [2.45, 2.75) is 51.5 Å². The number of nitrogens with two attached hydrogens (primary N) is 1. The summed E-state index contributed by atoms with van der Waals surface area (Å²) in [6, 6.07) is 0. The van der Waals surface area contributed by atoms with Gasteiger partial charge in [0.05, 0.1) is 5.54 Å². The second-order valence-corrected chi connectivity index (χ2v) is 6.37. The molecule has 4 heteroatoms. The van der Waals surface area contributed by atoms with E-state index in [-0.39, 0.29) is 0 Å². The lowest BCUT2D eigenvalue weighted by molar-refractivity contribution is 0.286. The van der Waals surface area contributed by atoms with Gasteiger partial charge in [0.15, 0.2) is 5.82 Å². The van der Waals surface area contributed by atoms with E-state index in [0.717, 1.165) is 30.1 Å². The summed E-state index contributed by atoms with van der Waals surface area (Å²) in [7, 11) is 0. The molecule has 3 atom stereocenters. The molecule has 1 aromatic heterocycles. The maximum absolute atomic E-state index is 5.95. The number of hydrogen-bond acceptors (Lipinski definition) is 4. The number of hydrogen-bond donors (Lipinski definition) is 1. The summed E-state index contributed by atoms with van der Waals surface area (Å²) < 4.78 is 5.32. The van der Waals surface area contributed by atoms with Crippen LogP contribution in [-0.4, -0.2) is 10.1 Å². The smallest absolute Gasteiger partial charge is 0.227 e. The molecule has 3 rings (SSSR count). The minimum atomic E-state index is -0.504. The molecule has 2 aliphatic carbocycles. The fourth-order valence-electron chi connectivity index (χ4n) is 3.45. The zero-order valence-corrected chi connectivity index (χ0v) is 10.6. The molecular weight excluding hydrogens is 214 g/mol. The Labute approximate surface area is 102 Å². The van der Waals surface area contributed by atoms with Crippen LogP contribution in [0.15, 0.2) is 4.52 Å². The highest BCUT2D eigenvalue weighted by molar-refractivity contribution is 5.01. The van der Waals surface area contributed by atoms with Gasteiger partial charge in [-0.05, 0) is 50.9 Å². The second-order valence-electron chi connectivity index (χ2n) is 6.37. The highest BCUT2D eigenvalue weighted by Gasteiger charge is 2.40. The van der Waals surface area contributed by atoms with E-state index in [2.05, 4.69) is 10.1 Å². The lowest BCUT2D eigenvalue weighted by atomic mass is 9.86. The van der Waals surface area contributed by atoms with Crippen LogP contribution in [-0.2, 0) is 12.0 Å². The summed E-state index contributed by atoms with van der Waals surface area (Å²) >= 11 is 0. The molecule has 2 aliphatic rings. The molecular formula is C13H21N3O. The van der Waals surface area contributed by atoms with Crippen molar-refractivity contribution in [3.05, 3.63) is 11.7 Å². The third-order valence-electron chi connectivity index (χ3n) is 4.37. The van der Waals surface area contributed by atoms with Gasteiger partial charge in [0, 0.05) is 6.42 Å². The molecule has 2 N–H and O–H groups in total. The van der Waals surface area contributed by atoms with E-state index in [0.29, 0.717) is 5.82 Å². The Kier molecular flexibility index (Phi) is 2.51. The summed E-state index contributed by atoms with van der Waals surface area (Å²) in [5.41, 5.74) is 5.45. The van der Waals surface area contributed by atoms with Crippen LogP contribution in [0, 0.1) is 17.8 Å². The van der Waals surface area contributed by atoms with E-state index in [4.69, 9.17) is 10.3 Å². The van der Waals surface area contributed by atoms with Gasteiger partial charge in [-0.1, -0.05) is 11.6 Å². The van der Waals surface area contributed by atoms with Crippen LogP contribution >= 0.6 is 0 Å². The van der Waals surface area contributed by atoms with Crippen molar-refractivity contribution in [1.82, 2.24) is 10.1 Å². The molecule has 2 fully saturated rings. The Morgan fingerprint density at radius 2 is 2.18 bits per heavy atom. The van der Waals surface area contributed by atoms with Crippen LogP contribution in [0.1, 0.15) is 51.2 Å². The highest BCUT2D eigenvalue weighted by Crippen LogP contribution is 2.49. The van der Waals surface area contributed by atoms with Gasteiger partial charge in [0.1, 0.15) is 0 Å². The van der Waals surface area contributed by atoms with Crippen LogP contribution < -0.4 is 5.73 Å². The number of nitrogens with zero attached hydrogens (tertiary/aromatic N) is 2. The zero-order valence-electron chi connectivity index (χ0n) is 10.6. The molecule has 1 heterocycles. The summed E-state index contributed by atoms with van der Waals surface area (Å²) in [5, 5.41) is 3.98. The SMILES string of the molecule is CC(C)(N)c1noc(CC2CC3CCC2C3)n1. The third-order valence-corrected chi connectivity index (χ3v) is 4.37. The van der Waals surface area contributed by atoms with E-state index in [1.54, 1.807) is 0 Å². The first-order valence-corrected chi connectivity index (χ1v) is 6.64. The van der Waals surface area contributed by atoms with Crippen molar-refractivity contribution < 1.29 is 4.52 Å². The van der Waals surface area contributed by atoms with Gasteiger partial charge in [-0.15, -0.1) is 0 Å². The molecule has 1 aromatic rings. The van der Waals surface area contributed by atoms with Crippen LogP contribution in [0.3, 0.4) is 0 Å². The van der Waals surface area contributed by atoms with Gasteiger partial charge >= 0.3 is 0 Å². The first kappa shape index (κ1) is 11.2. The zero-order chi connectivity index (χ0) is 12.0. The summed E-state index contributed by atoms with van der Waals surface area (Å²) in [4.78, 5) is 4.43. The van der Waals surface area contributed by atoms with Gasteiger partial charge in [-0.25, -0.2) is 0 Å². The maximum atomic E-state index is 5.95. The average Bonchev–Trinajstić information content (AvgIpc) is 2.89. The average molecular weight is 235 g/mol. The molecule has 0 aliphatic heterocycles. The van der Waals surface area contributed by atoms with Gasteiger partial charge in [-0.2, -0.15) is 4.98 Å². The molecule has 94 valence electrons. The lowest BCUT2D eigenvalue weighted by Gasteiger charge is -2.19. The quantitative estimate of drug-likeness (QED) is 0.872. The maximum Gasteiger partial charge on any atom is 0.227 e. The van der Waals surface area contributed by atoms with E-state index >= 15 is 0 Å². The normalized spacial score (nSPS) is 32.3. The molecule has 17 heavy (non-hydrogen) atoms. The van der Waals surface area contributed by atoms with Crippen LogP contribution in [0.25, 0.3) is 0 Å². The Bertz CT molecular complexity index is 407. The largest absolute Gasteiger partial charge is 0.339 e. The number of aromatic nitrogens is 2. The molecule has 2 saturated carbocycles. The van der Waals surface area contributed by atoms with E-state index in [1.807, 2.05) is 13.8 Å². The minimum absolute atomic E-state index is 0.504. The monoisotopic (exact) mass is 235 g/mol. The van der Waals surface area contributed by atoms with Crippen molar-refractivity contribution in [1.29, 1.82) is 0 Å². The van der Waals surface area contributed by atoms with Crippen molar-refractivity contribution in [2.24, 2.45) is 23.5 Å². The molecule has 0 radical (unpaired) electrons. The molecule has 2 bridgehead atoms. The third kappa shape index (κ3) is 2.10. The van der Waals surface area contributed by atoms with Gasteiger partial charge in [0.2, 0.25) is 5.89 Å². The van der Waals surface area contributed by atoms with Crippen molar-refractivity contribution in [3.8, 4) is 0 Å². The number of fused-ring (bicyclic) bond motifs is 2. The van der Waals surface area contributed by atoms with E-state index < -0.39 is 5.54 Å². The van der Waals surface area contributed by atoms with Gasteiger partial charge in [-0.3, -0.25) is 0 Å². The lowest BCUT2D eigenvalue weighted by Crippen LogP contribution is -2.30. The second kappa shape index (κ2) is 3.80. The summed E-state index contributed by atoms with van der Waals surface area (Å²) in [6.45, 7) is 3.80. The Morgan fingerprint density at radius 1 is 1.35 bits per heavy atom. The molecule has 0 spiro atoms. The Morgan fingerprint density at radius 3 is 2.71 bits per heavy atom. The van der Waals surface area contributed by atoms with Crippen LogP contribution in [0.5, 0.6) is 0 Å². The topological polar surface area (TPSA) is 64.9 Å². The summed E-state index contributed by atoms with van der Waals surface area (Å²) in [5.74, 6) is 4.04. The van der Waals surface area contributed by atoms with Crippen molar-refractivity contribution in [3.63, 3.8) is 0 Å². The number of rotatable bonds is 3. The predicted molar refractivity (Wildman–Crippen MR) is 64.2 cm³/mol. The standard InChI is InChI=1S/C13H21N3O/c1-13(2,14)12-15-11(17-16-12)7-10-6-8-3-4-9(10)5-8/h8-10H,3-7,14H2,1-2H3. The molecule has 0 aromatic carbocycles. The van der Waals surface area contributed by atoms with Crippen LogP contribution in [0.4, 0.5) is 0 Å². The van der Waals surface area contributed by atoms with Crippen molar-refractivity contribution >= 4 is 0 Å². The Hall–Kier alpha value is -0.900. The Balaban J connectivity index is 1.68. The molecule has 3 unspecified atom stereocenters. The predicted octanol–water partition coefficient (Wildman–Crippen LogP) is 2.24. The first-order valence-electron chi connectivity index (χ1n) is 6.64. The van der Waals surface area contributed by atoms with Gasteiger partial charge < -0.3 is 10.3 Å². The molecule has 0 saturated heterocycles. The molecule has 4 nitrogen and oxygen atoms in total. The van der Waals surface area contributed by atoms with E-state index in [1.165, 1.54) is 25.7 Å². The highest BCUT2D eigenvalue weighted by atomic mass is 16.5. The van der Waals surface area contributed by atoms with E-state index in [9.17, 15) is 0 Å². The molecule has 0 amide bonds. The summed E-state index contributed by atoms with van der Waals surface area (Å²) in [6.07, 6.45) is 6.57. The van der Waals surface area contributed by atoms with Gasteiger partial charge in [0.25, 0.3) is 0 Å². The fourth-order valence-corrected chi connectivity index (χ4v) is 3.45. The van der Waals surface area contributed by atoms with Crippen molar-refractivity contribution in [2.75, 3.05) is 0 Å². The minimum Gasteiger partial charge on any atom is -0.339 e. The van der Waals surface area contributed by atoms with Crippen LogP contribution in [0.2, 0.25) is 0 Å². The first-order chi connectivity index (χ1) is 8.02.